The van der Waals surface area contributed by atoms with Gasteiger partial charge in [0, 0.05) is 0 Å². The predicted octanol–water partition coefficient (Wildman–Crippen LogP) is 3.67. The van der Waals surface area contributed by atoms with Crippen molar-refractivity contribution < 1.29 is 4.74 Å². The minimum atomic E-state index is -0.0912. The maximum absolute atomic E-state index is 6.42. The Morgan fingerprint density at radius 3 is 1.95 bits per heavy atom. The molecule has 0 bridgehead atoms. The molecular weight excluding hydrogens is 234 g/mol. The lowest BCUT2D eigenvalue weighted by Gasteiger charge is -2.19. The molecule has 19 heavy (non-hydrogen) atoms. The first kappa shape index (κ1) is 13.6. The molecule has 2 aromatic rings. The van der Waals surface area contributed by atoms with E-state index in [0.717, 1.165) is 11.3 Å². The summed E-state index contributed by atoms with van der Waals surface area (Å²) >= 11 is 0. The van der Waals surface area contributed by atoms with Crippen LogP contribution in [0.2, 0.25) is 0 Å². The van der Waals surface area contributed by atoms with Crippen LogP contribution in [-0.2, 0) is 0 Å². The molecule has 2 N–H and O–H groups in total. The SMILES string of the molecule is COc1ccc(C(N)c2c(C)cc(C)cc2C)cc1. The van der Waals surface area contributed by atoms with E-state index >= 15 is 0 Å². The fourth-order valence-corrected chi connectivity index (χ4v) is 2.66. The molecule has 2 nitrogen and oxygen atoms in total. The first-order valence-electron chi connectivity index (χ1n) is 6.50. The summed E-state index contributed by atoms with van der Waals surface area (Å²) < 4.78 is 5.18. The fraction of sp³-hybridized carbons (Fsp3) is 0.294. The smallest absolute Gasteiger partial charge is 0.118 e. The first-order chi connectivity index (χ1) is 9.02. The number of ether oxygens (including phenoxy) is 1. The van der Waals surface area contributed by atoms with Crippen LogP contribution in [0.5, 0.6) is 5.75 Å². The van der Waals surface area contributed by atoms with Crippen LogP contribution in [-0.4, -0.2) is 7.11 Å². The quantitative estimate of drug-likeness (QED) is 0.908. The van der Waals surface area contributed by atoms with Gasteiger partial charge < -0.3 is 10.5 Å². The average molecular weight is 255 g/mol. The second-order valence-electron chi connectivity index (χ2n) is 5.06. The molecule has 0 radical (unpaired) electrons. The summed E-state index contributed by atoms with van der Waals surface area (Å²) in [5.74, 6) is 0.855. The molecule has 100 valence electrons. The van der Waals surface area contributed by atoms with Crippen LogP contribution >= 0.6 is 0 Å². The van der Waals surface area contributed by atoms with E-state index in [0.29, 0.717) is 0 Å². The zero-order valence-electron chi connectivity index (χ0n) is 12.0. The van der Waals surface area contributed by atoms with Crippen molar-refractivity contribution in [2.75, 3.05) is 7.11 Å². The third-order valence-electron chi connectivity index (χ3n) is 3.52. The van der Waals surface area contributed by atoms with Gasteiger partial charge in [-0.05, 0) is 55.2 Å². The van der Waals surface area contributed by atoms with Gasteiger partial charge in [0.15, 0.2) is 0 Å². The van der Waals surface area contributed by atoms with Gasteiger partial charge in [-0.25, -0.2) is 0 Å². The van der Waals surface area contributed by atoms with Crippen molar-refractivity contribution in [3.05, 3.63) is 64.2 Å². The molecule has 2 rings (SSSR count). The summed E-state index contributed by atoms with van der Waals surface area (Å²) in [5.41, 5.74) is 12.5. The predicted molar refractivity (Wildman–Crippen MR) is 79.7 cm³/mol. The van der Waals surface area contributed by atoms with Gasteiger partial charge in [0.2, 0.25) is 0 Å². The minimum absolute atomic E-state index is 0.0912. The van der Waals surface area contributed by atoms with Crippen molar-refractivity contribution >= 4 is 0 Å². The van der Waals surface area contributed by atoms with Gasteiger partial charge >= 0.3 is 0 Å². The van der Waals surface area contributed by atoms with Gasteiger partial charge in [0.25, 0.3) is 0 Å². The Kier molecular flexibility index (Phi) is 3.91. The highest BCUT2D eigenvalue weighted by Crippen LogP contribution is 2.28. The zero-order valence-corrected chi connectivity index (χ0v) is 12.0. The largest absolute Gasteiger partial charge is 0.497 e. The van der Waals surface area contributed by atoms with Crippen LogP contribution in [0.3, 0.4) is 0 Å². The molecule has 0 spiro atoms. The number of nitrogens with two attached hydrogens (primary N) is 1. The maximum atomic E-state index is 6.42. The Morgan fingerprint density at radius 1 is 0.947 bits per heavy atom. The summed E-state index contributed by atoms with van der Waals surface area (Å²) in [4.78, 5) is 0. The van der Waals surface area contributed by atoms with Gasteiger partial charge in [-0.3, -0.25) is 0 Å². The number of methoxy groups -OCH3 is 1. The third-order valence-corrected chi connectivity index (χ3v) is 3.52. The summed E-state index contributed by atoms with van der Waals surface area (Å²) in [6, 6.07) is 12.2. The van der Waals surface area contributed by atoms with Crippen molar-refractivity contribution in [1.82, 2.24) is 0 Å². The lowest BCUT2D eigenvalue weighted by atomic mass is 9.90. The normalized spacial score (nSPS) is 12.3. The highest BCUT2D eigenvalue weighted by atomic mass is 16.5. The number of benzene rings is 2. The van der Waals surface area contributed by atoms with Gasteiger partial charge in [0.05, 0.1) is 13.2 Å². The van der Waals surface area contributed by atoms with E-state index in [1.165, 1.54) is 22.3 Å². The van der Waals surface area contributed by atoms with E-state index in [9.17, 15) is 0 Å². The fourth-order valence-electron chi connectivity index (χ4n) is 2.66. The molecule has 0 saturated carbocycles. The molecular formula is C17H21NO. The molecule has 0 aliphatic heterocycles. The third kappa shape index (κ3) is 2.79. The molecule has 0 saturated heterocycles. The second-order valence-corrected chi connectivity index (χ2v) is 5.06. The molecule has 0 aliphatic carbocycles. The number of aryl methyl sites for hydroxylation is 3. The van der Waals surface area contributed by atoms with Crippen LogP contribution < -0.4 is 10.5 Å². The van der Waals surface area contributed by atoms with Crippen LogP contribution in [0.15, 0.2) is 36.4 Å². The number of hydrogen-bond acceptors (Lipinski definition) is 2. The van der Waals surface area contributed by atoms with Gasteiger partial charge in [0.1, 0.15) is 5.75 Å². The van der Waals surface area contributed by atoms with E-state index in [1.807, 2.05) is 24.3 Å². The Bertz CT molecular complexity index is 549. The Labute approximate surface area is 115 Å². The highest BCUT2D eigenvalue weighted by Gasteiger charge is 2.14. The van der Waals surface area contributed by atoms with Crippen molar-refractivity contribution in [2.45, 2.75) is 26.8 Å². The van der Waals surface area contributed by atoms with Crippen molar-refractivity contribution in [2.24, 2.45) is 5.73 Å². The molecule has 1 unspecified atom stereocenters. The molecule has 2 aromatic carbocycles. The van der Waals surface area contributed by atoms with Gasteiger partial charge in [-0.15, -0.1) is 0 Å². The van der Waals surface area contributed by atoms with Crippen molar-refractivity contribution in [3.8, 4) is 5.75 Å². The maximum Gasteiger partial charge on any atom is 0.118 e. The lowest BCUT2D eigenvalue weighted by Crippen LogP contribution is -2.15. The number of rotatable bonds is 3. The average Bonchev–Trinajstić information content (AvgIpc) is 2.37. The minimum Gasteiger partial charge on any atom is -0.497 e. The van der Waals surface area contributed by atoms with Crippen LogP contribution in [0.4, 0.5) is 0 Å². The Hall–Kier alpha value is -1.80. The topological polar surface area (TPSA) is 35.2 Å². The second kappa shape index (κ2) is 5.45. The highest BCUT2D eigenvalue weighted by molar-refractivity contribution is 5.44. The Morgan fingerprint density at radius 2 is 1.47 bits per heavy atom. The van der Waals surface area contributed by atoms with Crippen molar-refractivity contribution in [3.63, 3.8) is 0 Å². The molecule has 0 aromatic heterocycles. The zero-order chi connectivity index (χ0) is 14.0. The Balaban J connectivity index is 2.40. The van der Waals surface area contributed by atoms with E-state index in [2.05, 4.69) is 32.9 Å². The molecule has 0 aliphatic rings. The summed E-state index contributed by atoms with van der Waals surface area (Å²) in [6.07, 6.45) is 0. The van der Waals surface area contributed by atoms with Crippen LogP contribution in [0.25, 0.3) is 0 Å². The monoisotopic (exact) mass is 255 g/mol. The van der Waals surface area contributed by atoms with E-state index < -0.39 is 0 Å². The molecule has 0 heterocycles. The molecule has 0 amide bonds. The van der Waals surface area contributed by atoms with E-state index in [-0.39, 0.29) is 6.04 Å². The van der Waals surface area contributed by atoms with Crippen LogP contribution in [0, 0.1) is 20.8 Å². The lowest BCUT2D eigenvalue weighted by molar-refractivity contribution is 0.414. The van der Waals surface area contributed by atoms with E-state index in [1.54, 1.807) is 7.11 Å². The summed E-state index contributed by atoms with van der Waals surface area (Å²) in [7, 11) is 1.67. The van der Waals surface area contributed by atoms with Gasteiger partial charge in [-0.2, -0.15) is 0 Å². The standard InChI is InChI=1S/C17H21NO/c1-11-9-12(2)16(13(3)10-11)17(18)14-5-7-15(19-4)8-6-14/h5-10,17H,18H2,1-4H3. The van der Waals surface area contributed by atoms with Crippen molar-refractivity contribution in [1.29, 1.82) is 0 Å². The molecule has 0 fully saturated rings. The van der Waals surface area contributed by atoms with Crippen LogP contribution in [0.1, 0.15) is 33.9 Å². The summed E-state index contributed by atoms with van der Waals surface area (Å²) in [6.45, 7) is 6.36. The van der Waals surface area contributed by atoms with Gasteiger partial charge in [-0.1, -0.05) is 29.8 Å². The number of hydrogen-bond donors (Lipinski definition) is 1. The summed E-state index contributed by atoms with van der Waals surface area (Å²) in [5, 5.41) is 0. The van der Waals surface area contributed by atoms with E-state index in [4.69, 9.17) is 10.5 Å². The molecule has 2 heteroatoms. The first-order valence-corrected chi connectivity index (χ1v) is 6.50. The molecule has 1 atom stereocenters.